The van der Waals surface area contributed by atoms with Gasteiger partial charge in [-0.05, 0) is 277 Å². The van der Waals surface area contributed by atoms with Crippen LogP contribution in [-0.4, -0.2) is 143 Å². The Hall–Kier alpha value is -13.0. The molecule has 1 aliphatic rings. The molecule has 28 nitrogen and oxygen atoms in total. The zero-order chi connectivity index (χ0) is 96.1. The highest BCUT2D eigenvalue weighted by atomic mass is 79.9. The number of benzene rings is 12. The molecule has 0 aliphatic carbocycles. The minimum Gasteiger partial charge on any atom is -0.496 e. The maximum atomic E-state index is 13.8. The number of rotatable bonds is 26. The molecule has 0 saturated carbocycles. The van der Waals surface area contributed by atoms with Gasteiger partial charge < -0.3 is 18.9 Å². The van der Waals surface area contributed by atoms with Crippen LogP contribution in [0, 0.1) is 78.4 Å². The first-order chi connectivity index (χ1) is 66.6. The van der Waals surface area contributed by atoms with Gasteiger partial charge in [0.2, 0.25) is 25.8 Å². The maximum absolute atomic E-state index is 13.8. The molecule has 12 aromatic carbocycles. The Bertz CT molecular complexity index is 7150. The third kappa shape index (κ3) is 27.3. The van der Waals surface area contributed by atoms with Crippen molar-refractivity contribution < 1.29 is 27.7 Å². The van der Waals surface area contributed by atoms with Crippen LogP contribution in [0.5, 0.6) is 23.0 Å². The number of tetrazole rings is 5. The number of thioether (sulfide) groups is 6. The van der Waals surface area contributed by atoms with Gasteiger partial charge in [0.05, 0.1) is 65.0 Å². The molecule has 0 N–H and O–H groups in total. The van der Waals surface area contributed by atoms with E-state index in [1.165, 1.54) is 75.8 Å². The van der Waals surface area contributed by atoms with Crippen LogP contribution >= 0.6 is 114 Å². The van der Waals surface area contributed by atoms with Crippen molar-refractivity contribution in [3.05, 3.63) is 370 Å². The fourth-order valence-electron chi connectivity index (χ4n) is 13.4. The fourth-order valence-corrected chi connectivity index (χ4v) is 20.1. The molecule has 696 valence electrons. The molecule has 0 atom stereocenters. The lowest BCUT2D eigenvalue weighted by atomic mass is 10.1. The van der Waals surface area contributed by atoms with Gasteiger partial charge in [-0.25, -0.2) is 8.78 Å². The summed E-state index contributed by atoms with van der Waals surface area (Å²) >= 11 is 22.7. The number of halogens is 5. The van der Waals surface area contributed by atoms with Crippen LogP contribution in [0.1, 0.15) is 83.5 Å². The monoisotopic (exact) mass is 2090 g/mol. The van der Waals surface area contributed by atoms with Gasteiger partial charge in [-0.1, -0.05) is 271 Å². The van der Waals surface area contributed by atoms with Crippen LogP contribution in [0.25, 0.3) is 34.1 Å². The van der Waals surface area contributed by atoms with Gasteiger partial charge in [-0.15, -0.1) is 35.7 Å². The number of fused-ring (bicyclic) bond motifs is 1. The van der Waals surface area contributed by atoms with E-state index in [0.29, 0.717) is 62.8 Å². The van der Waals surface area contributed by atoms with Crippen molar-refractivity contribution in [1.82, 2.24) is 116 Å². The first-order valence-corrected chi connectivity index (χ1v) is 50.2. The molecule has 39 heteroatoms. The van der Waals surface area contributed by atoms with Crippen molar-refractivity contribution in [2.45, 2.75) is 121 Å². The summed E-state index contributed by atoms with van der Waals surface area (Å²) in [7, 11) is 3.13. The van der Waals surface area contributed by atoms with Gasteiger partial charge in [0, 0.05) is 49.0 Å². The lowest BCUT2D eigenvalue weighted by molar-refractivity contribution is 0.171. The predicted octanol–water partition coefficient (Wildman–Crippen LogP) is 22.9. The van der Waals surface area contributed by atoms with Crippen molar-refractivity contribution in [1.29, 1.82) is 5.26 Å². The van der Waals surface area contributed by atoms with E-state index in [1.807, 2.05) is 195 Å². The largest absolute Gasteiger partial charge is 0.496 e. The van der Waals surface area contributed by atoms with Gasteiger partial charge in [0.25, 0.3) is 0 Å². The smallest absolute Gasteiger partial charge is 0.214 e. The van der Waals surface area contributed by atoms with E-state index in [-0.39, 0.29) is 17.4 Å². The Labute approximate surface area is 837 Å². The number of hydrogen-bond acceptors (Lipinski definition) is 28. The minimum absolute atomic E-state index is 0.240. The van der Waals surface area contributed by atoms with Crippen molar-refractivity contribution in [3.63, 3.8) is 0 Å². The van der Waals surface area contributed by atoms with E-state index < -0.39 is 0 Å². The first kappa shape index (κ1) is 100.0. The average Bonchev–Trinajstić information content (AvgIpc) is 1.68. The Morgan fingerprint density at radius 1 is 0.380 bits per heavy atom. The summed E-state index contributed by atoms with van der Waals surface area (Å²) in [4.78, 5) is 0. The molecular weight excluding hydrogens is 2000 g/mol. The van der Waals surface area contributed by atoms with Crippen LogP contribution < -0.4 is 18.9 Å². The summed E-state index contributed by atoms with van der Waals surface area (Å²) in [6, 6.07) is 83.7. The SMILES string of the molecule is COc1ccc(CSc2nnnn2-c2ccc(C)cc2C)cc1F.COc1ccccc1CSc1nnnn1-c1ccccc1C.Cc1ccc(C)c(-n2nnnc2SCc2cc(Cl)c3c(c2)OCCO3)c1.Cc1ccc(C)c(-n2nnnc2SCc2ccccc2Br)c1.Cc1ccccc1-n1cnnc1SCc1ccc(C#N)cc1.Fc1cccc(-n2nnnc2SCc2ccccc2Br)c1. The number of para-hydroxylation sites is 3. The molecule has 0 bridgehead atoms. The van der Waals surface area contributed by atoms with Gasteiger partial charge in [-0.3, -0.25) is 4.57 Å². The normalized spacial score (nSPS) is 11.1. The Kier molecular flexibility index (Phi) is 36.3. The Morgan fingerprint density at radius 3 is 1.36 bits per heavy atom. The Balaban J connectivity index is 0.000000132. The van der Waals surface area contributed by atoms with Crippen LogP contribution in [0.15, 0.2) is 301 Å². The zero-order valence-corrected chi connectivity index (χ0v) is 84.5. The second-order valence-electron chi connectivity index (χ2n) is 30.4. The molecule has 7 heterocycles. The molecule has 0 unspecified atom stereocenters. The highest BCUT2D eigenvalue weighted by Crippen LogP contribution is 2.41. The third-order valence-electron chi connectivity index (χ3n) is 20.5. The standard InChI is InChI=1S/C18H17ClN4O2S.C17H17FN4OS.C17H14N4S.C16H15BrN4S.C16H16N4OS.C14H10BrFN4S/c1-11-3-4-12(2)15(7-11)23-18(20-21-22-23)26-10-13-8-14(19)17-16(9-13)24-5-6-25-17;1-11-4-6-15(12(2)8-11)22-17(19-20-21-22)24-10-13-5-7-16(23-3)14(18)9-13;1-13-4-2-3-5-16(13)21-12-19-20-17(21)22-11-15-8-6-14(10-18)7-9-15;1-11-7-8-12(2)15(9-11)21-16(18-19-20-21)22-10-13-5-3-4-6-14(13)17;1-12-7-3-5-9-14(12)20-16(17-18-19-20)22-11-13-8-4-6-10-15(13)21-2;15-13-7-2-1-4-10(13)9-21-14-17-18-19-20(14)12-6-3-5-11(16)8-12/h3-4,7-9H,5-6,10H2,1-2H3;4-9H,10H2,1-3H3;2-9,12H,11H2,1H3;3-9H,10H2,1-2H3;3-10H,11H2,1-2H3;1-8H,9H2. The Morgan fingerprint density at radius 2 is 0.825 bits per heavy atom. The summed E-state index contributed by atoms with van der Waals surface area (Å²) in [5.74, 6) is 6.04. The zero-order valence-electron chi connectivity index (χ0n) is 75.7. The van der Waals surface area contributed by atoms with Crippen LogP contribution in [-0.2, 0) is 34.5 Å². The molecule has 18 aromatic rings. The lowest BCUT2D eigenvalue weighted by Crippen LogP contribution is -2.15. The topological polar surface area (TPSA) is 309 Å². The summed E-state index contributed by atoms with van der Waals surface area (Å²) in [6.45, 7) is 17.5. The second kappa shape index (κ2) is 49.7. The molecule has 0 radical (unpaired) electrons. The van der Waals surface area contributed by atoms with E-state index in [1.54, 1.807) is 92.7 Å². The van der Waals surface area contributed by atoms with Crippen LogP contribution in [0.2, 0.25) is 5.02 Å². The van der Waals surface area contributed by atoms with Gasteiger partial charge in [-0.2, -0.15) is 28.7 Å². The number of hydrogen-bond donors (Lipinski definition) is 0. The van der Waals surface area contributed by atoms with Gasteiger partial charge in [0.1, 0.15) is 31.1 Å². The number of nitriles is 1. The van der Waals surface area contributed by atoms with E-state index in [2.05, 4.69) is 214 Å². The number of ether oxygens (including phenoxy) is 4. The fraction of sp³-hybridized carbons (Fsp3) is 0.184. The van der Waals surface area contributed by atoms with Crippen molar-refractivity contribution in [2.75, 3.05) is 27.4 Å². The average molecular weight is 2090 g/mol. The molecule has 6 aromatic heterocycles. The highest BCUT2D eigenvalue weighted by Gasteiger charge is 2.22. The summed E-state index contributed by atoms with van der Waals surface area (Å²) in [5, 5.41) is 81.9. The predicted molar refractivity (Wildman–Crippen MR) is 540 cm³/mol. The molecule has 0 fully saturated rings. The molecular formula is C98H89Br2ClF2N24O4S6. The van der Waals surface area contributed by atoms with E-state index in [0.717, 1.165) is 142 Å². The van der Waals surface area contributed by atoms with E-state index >= 15 is 0 Å². The summed E-state index contributed by atoms with van der Waals surface area (Å²) in [6.07, 6.45) is 1.74. The molecule has 19 rings (SSSR count). The molecule has 0 saturated heterocycles. The van der Waals surface area contributed by atoms with E-state index in [4.69, 9.17) is 35.8 Å². The highest BCUT2D eigenvalue weighted by molar-refractivity contribution is 9.10. The van der Waals surface area contributed by atoms with Crippen LogP contribution in [0.3, 0.4) is 0 Å². The molecule has 1 aliphatic heterocycles. The quantitative estimate of drug-likeness (QED) is 0.0455. The lowest BCUT2D eigenvalue weighted by Gasteiger charge is -2.20. The van der Waals surface area contributed by atoms with Crippen molar-refractivity contribution >= 4 is 114 Å². The molecule has 0 amide bonds. The summed E-state index contributed by atoms with van der Waals surface area (Å²) in [5.41, 5.74) is 22.1. The van der Waals surface area contributed by atoms with Gasteiger partial charge in [0.15, 0.2) is 28.2 Å². The number of methoxy groups -OCH3 is 2. The number of nitrogens with zero attached hydrogens (tertiary/aromatic N) is 24. The van der Waals surface area contributed by atoms with Gasteiger partial charge >= 0.3 is 0 Å². The van der Waals surface area contributed by atoms with Crippen LogP contribution in [0.4, 0.5) is 8.78 Å². The maximum Gasteiger partial charge on any atom is 0.214 e. The van der Waals surface area contributed by atoms with E-state index in [9.17, 15) is 8.78 Å². The molecule has 137 heavy (non-hydrogen) atoms. The van der Waals surface area contributed by atoms with Crippen molar-refractivity contribution in [3.8, 4) is 63.2 Å². The molecule has 0 spiro atoms. The number of aryl methyl sites for hydroxylation is 8. The first-order valence-electron chi connectivity index (χ1n) is 42.3. The minimum atomic E-state index is -0.371. The number of aromatic nitrogens is 23. The van der Waals surface area contributed by atoms with Crippen molar-refractivity contribution in [2.24, 2.45) is 0 Å². The second-order valence-corrected chi connectivity index (χ2v) is 38.1. The summed E-state index contributed by atoms with van der Waals surface area (Å²) < 4.78 is 61.3. The third-order valence-corrected chi connectivity index (χ3v) is 28.2.